The van der Waals surface area contributed by atoms with Crippen molar-refractivity contribution in [2.24, 2.45) is 0 Å². The maximum atomic E-state index is 12.2. The van der Waals surface area contributed by atoms with Gasteiger partial charge in [0.25, 0.3) is 5.91 Å². The standard InChI is InChI=1S/C19H20N2O2/c1-12(2)15-5-7-16(8-6-15)19(22)20-11-14-4-9-18-17(10-14)21-13(3)23-18/h4-10,12H,11H2,1-3H3,(H,20,22). The highest BCUT2D eigenvalue weighted by atomic mass is 16.3. The number of nitrogens with zero attached hydrogens (tertiary/aromatic N) is 1. The van der Waals surface area contributed by atoms with E-state index < -0.39 is 0 Å². The summed E-state index contributed by atoms with van der Waals surface area (Å²) >= 11 is 0. The molecular weight excluding hydrogens is 288 g/mol. The number of hydrogen-bond donors (Lipinski definition) is 1. The fourth-order valence-electron chi connectivity index (χ4n) is 2.50. The van der Waals surface area contributed by atoms with Crippen molar-refractivity contribution in [3.05, 3.63) is 65.0 Å². The average molecular weight is 308 g/mol. The fourth-order valence-corrected chi connectivity index (χ4v) is 2.50. The summed E-state index contributed by atoms with van der Waals surface area (Å²) < 4.78 is 5.45. The second-order valence-corrected chi connectivity index (χ2v) is 5.99. The summed E-state index contributed by atoms with van der Waals surface area (Å²) in [5.41, 5.74) is 4.48. The molecule has 4 heteroatoms. The Labute approximate surface area is 135 Å². The number of carbonyl (C=O) groups is 1. The van der Waals surface area contributed by atoms with Gasteiger partial charge >= 0.3 is 0 Å². The minimum Gasteiger partial charge on any atom is -0.441 e. The Kier molecular flexibility index (Phi) is 4.15. The van der Waals surface area contributed by atoms with Gasteiger partial charge < -0.3 is 9.73 Å². The van der Waals surface area contributed by atoms with Crippen LogP contribution in [-0.4, -0.2) is 10.9 Å². The molecule has 0 fully saturated rings. The monoisotopic (exact) mass is 308 g/mol. The number of oxazole rings is 1. The van der Waals surface area contributed by atoms with E-state index in [0.29, 0.717) is 23.9 Å². The Morgan fingerprint density at radius 1 is 1.17 bits per heavy atom. The molecule has 3 rings (SSSR count). The average Bonchev–Trinajstić information content (AvgIpc) is 2.92. The van der Waals surface area contributed by atoms with E-state index in [9.17, 15) is 4.79 Å². The first-order chi connectivity index (χ1) is 11.0. The second-order valence-electron chi connectivity index (χ2n) is 5.99. The SMILES string of the molecule is Cc1nc2cc(CNC(=O)c3ccc(C(C)C)cc3)ccc2o1. The van der Waals surface area contributed by atoms with Crippen LogP contribution in [0.15, 0.2) is 46.9 Å². The van der Waals surface area contributed by atoms with Crippen molar-refractivity contribution in [2.45, 2.75) is 33.2 Å². The first kappa shape index (κ1) is 15.3. The van der Waals surface area contributed by atoms with Gasteiger partial charge in [-0.1, -0.05) is 32.0 Å². The van der Waals surface area contributed by atoms with Gasteiger partial charge in [0.15, 0.2) is 11.5 Å². The summed E-state index contributed by atoms with van der Waals surface area (Å²) in [7, 11) is 0. The minimum absolute atomic E-state index is 0.0725. The van der Waals surface area contributed by atoms with Gasteiger partial charge in [-0.2, -0.15) is 0 Å². The van der Waals surface area contributed by atoms with E-state index in [1.54, 1.807) is 0 Å². The quantitative estimate of drug-likeness (QED) is 0.786. The molecule has 0 atom stereocenters. The molecule has 0 aliphatic heterocycles. The van der Waals surface area contributed by atoms with E-state index in [2.05, 4.69) is 24.1 Å². The highest BCUT2D eigenvalue weighted by Crippen LogP contribution is 2.17. The summed E-state index contributed by atoms with van der Waals surface area (Å²) in [6.07, 6.45) is 0. The number of rotatable bonds is 4. The van der Waals surface area contributed by atoms with Crippen LogP contribution in [-0.2, 0) is 6.54 Å². The predicted octanol–water partition coefficient (Wildman–Crippen LogP) is 4.19. The largest absolute Gasteiger partial charge is 0.441 e. The van der Waals surface area contributed by atoms with Crippen LogP contribution in [0.3, 0.4) is 0 Å². The molecule has 0 bridgehead atoms. The Hall–Kier alpha value is -2.62. The molecule has 3 aromatic rings. The summed E-state index contributed by atoms with van der Waals surface area (Å²) in [5, 5.41) is 2.94. The van der Waals surface area contributed by atoms with Crippen molar-refractivity contribution >= 4 is 17.0 Å². The lowest BCUT2D eigenvalue weighted by Crippen LogP contribution is -2.22. The van der Waals surface area contributed by atoms with Gasteiger partial charge in [-0.3, -0.25) is 4.79 Å². The number of carbonyl (C=O) groups excluding carboxylic acids is 1. The van der Waals surface area contributed by atoms with Gasteiger partial charge in [0.05, 0.1) is 0 Å². The van der Waals surface area contributed by atoms with Gasteiger partial charge in [0.2, 0.25) is 0 Å². The van der Waals surface area contributed by atoms with E-state index in [-0.39, 0.29) is 5.91 Å². The first-order valence-electron chi connectivity index (χ1n) is 7.77. The lowest BCUT2D eigenvalue weighted by atomic mass is 10.0. The van der Waals surface area contributed by atoms with Crippen molar-refractivity contribution in [3.63, 3.8) is 0 Å². The number of amides is 1. The van der Waals surface area contributed by atoms with Crippen LogP contribution in [0.25, 0.3) is 11.1 Å². The second kappa shape index (κ2) is 6.24. The van der Waals surface area contributed by atoms with E-state index in [1.165, 1.54) is 5.56 Å². The zero-order valence-corrected chi connectivity index (χ0v) is 13.6. The number of nitrogens with one attached hydrogen (secondary N) is 1. The van der Waals surface area contributed by atoms with Crippen molar-refractivity contribution in [3.8, 4) is 0 Å². The van der Waals surface area contributed by atoms with Gasteiger partial charge in [0.1, 0.15) is 5.52 Å². The van der Waals surface area contributed by atoms with Crippen LogP contribution in [0, 0.1) is 6.92 Å². The number of benzene rings is 2. The van der Waals surface area contributed by atoms with Crippen LogP contribution in [0.1, 0.15) is 47.1 Å². The summed E-state index contributed by atoms with van der Waals surface area (Å²) in [4.78, 5) is 16.5. The molecule has 0 spiro atoms. The molecule has 118 valence electrons. The van der Waals surface area contributed by atoms with Crippen LogP contribution in [0.2, 0.25) is 0 Å². The van der Waals surface area contributed by atoms with Gasteiger partial charge in [-0.05, 0) is 41.3 Å². The molecule has 0 saturated carbocycles. The molecule has 1 aromatic heterocycles. The zero-order chi connectivity index (χ0) is 16.4. The molecule has 0 radical (unpaired) electrons. The highest BCUT2D eigenvalue weighted by molar-refractivity contribution is 5.94. The zero-order valence-electron chi connectivity index (χ0n) is 13.6. The Morgan fingerprint density at radius 3 is 2.61 bits per heavy atom. The van der Waals surface area contributed by atoms with Gasteiger partial charge in [-0.15, -0.1) is 0 Å². The van der Waals surface area contributed by atoms with Crippen molar-refractivity contribution in [1.82, 2.24) is 10.3 Å². The lowest BCUT2D eigenvalue weighted by Gasteiger charge is -2.08. The van der Waals surface area contributed by atoms with Gasteiger partial charge in [-0.25, -0.2) is 4.98 Å². The molecule has 23 heavy (non-hydrogen) atoms. The molecular formula is C19H20N2O2. The maximum absolute atomic E-state index is 12.2. The third-order valence-electron chi connectivity index (χ3n) is 3.85. The molecule has 1 heterocycles. The summed E-state index contributed by atoms with van der Waals surface area (Å²) in [6.45, 7) is 6.56. The molecule has 0 aliphatic rings. The third kappa shape index (κ3) is 3.42. The van der Waals surface area contributed by atoms with Crippen LogP contribution >= 0.6 is 0 Å². The predicted molar refractivity (Wildman–Crippen MR) is 90.4 cm³/mol. The molecule has 0 unspecified atom stereocenters. The molecule has 4 nitrogen and oxygen atoms in total. The topological polar surface area (TPSA) is 55.1 Å². The van der Waals surface area contributed by atoms with Crippen LogP contribution in [0.4, 0.5) is 0 Å². The van der Waals surface area contributed by atoms with E-state index >= 15 is 0 Å². The van der Waals surface area contributed by atoms with Crippen molar-refractivity contribution < 1.29 is 9.21 Å². The molecule has 0 aliphatic carbocycles. The van der Waals surface area contributed by atoms with Crippen LogP contribution < -0.4 is 5.32 Å². The Bertz CT molecular complexity index is 832. The van der Waals surface area contributed by atoms with Crippen LogP contribution in [0.5, 0.6) is 0 Å². The molecule has 1 amide bonds. The first-order valence-corrected chi connectivity index (χ1v) is 7.77. The lowest BCUT2D eigenvalue weighted by molar-refractivity contribution is 0.0951. The maximum Gasteiger partial charge on any atom is 0.251 e. The highest BCUT2D eigenvalue weighted by Gasteiger charge is 2.08. The summed E-state index contributed by atoms with van der Waals surface area (Å²) in [6, 6.07) is 13.5. The fraction of sp³-hybridized carbons (Fsp3) is 0.263. The van der Waals surface area contributed by atoms with Gasteiger partial charge in [0, 0.05) is 19.0 Å². The van der Waals surface area contributed by atoms with E-state index in [0.717, 1.165) is 16.7 Å². The molecule has 1 N–H and O–H groups in total. The number of fused-ring (bicyclic) bond motifs is 1. The minimum atomic E-state index is -0.0725. The van der Waals surface area contributed by atoms with E-state index in [1.807, 2.05) is 49.4 Å². The Balaban J connectivity index is 1.67. The Morgan fingerprint density at radius 2 is 1.91 bits per heavy atom. The van der Waals surface area contributed by atoms with Crippen molar-refractivity contribution in [2.75, 3.05) is 0 Å². The number of aromatic nitrogens is 1. The molecule has 0 saturated heterocycles. The summed E-state index contributed by atoms with van der Waals surface area (Å²) in [5.74, 6) is 1.04. The smallest absolute Gasteiger partial charge is 0.251 e. The van der Waals surface area contributed by atoms with Crippen molar-refractivity contribution in [1.29, 1.82) is 0 Å². The normalized spacial score (nSPS) is 11.1. The number of hydrogen-bond acceptors (Lipinski definition) is 3. The molecule has 2 aromatic carbocycles. The van der Waals surface area contributed by atoms with E-state index in [4.69, 9.17) is 4.42 Å². The third-order valence-corrected chi connectivity index (χ3v) is 3.85. The number of aryl methyl sites for hydroxylation is 1.